The van der Waals surface area contributed by atoms with E-state index in [4.69, 9.17) is 4.74 Å². The molecule has 0 fully saturated rings. The smallest absolute Gasteiger partial charge is 0.306 e. The molecule has 0 radical (unpaired) electrons. The van der Waals surface area contributed by atoms with Gasteiger partial charge in [0.2, 0.25) is 0 Å². The minimum absolute atomic E-state index is 0.0836. The molecule has 1 aliphatic heterocycles. The molecule has 0 amide bonds. The fourth-order valence-electron chi connectivity index (χ4n) is 1.73. The van der Waals surface area contributed by atoms with Gasteiger partial charge >= 0.3 is 5.97 Å². The molecule has 3 nitrogen and oxygen atoms in total. The predicted molar refractivity (Wildman–Crippen MR) is 58.6 cm³/mol. The molecule has 0 N–H and O–H groups in total. The molecular formula is C12H13NO2. The van der Waals surface area contributed by atoms with Crippen LogP contribution in [-0.4, -0.2) is 18.8 Å². The van der Waals surface area contributed by atoms with E-state index in [9.17, 15) is 4.79 Å². The highest BCUT2D eigenvalue weighted by Gasteiger charge is 2.21. The summed E-state index contributed by atoms with van der Waals surface area (Å²) in [6.07, 6.45) is 2.20. The third-order valence-corrected chi connectivity index (χ3v) is 2.42. The first-order valence-electron chi connectivity index (χ1n) is 5.10. The van der Waals surface area contributed by atoms with Crippen LogP contribution in [0.2, 0.25) is 0 Å². The minimum atomic E-state index is -0.161. The monoisotopic (exact) mass is 203 g/mol. The fraction of sp³-hybridized carbons (Fsp3) is 0.333. The highest BCUT2D eigenvalue weighted by molar-refractivity contribution is 5.85. The van der Waals surface area contributed by atoms with E-state index in [1.165, 1.54) is 0 Å². The van der Waals surface area contributed by atoms with Crippen LogP contribution < -0.4 is 0 Å². The average molecular weight is 203 g/mol. The number of esters is 1. The zero-order valence-corrected chi connectivity index (χ0v) is 8.64. The Balaban J connectivity index is 2.08. The lowest BCUT2D eigenvalue weighted by Crippen LogP contribution is -2.09. The lowest BCUT2D eigenvalue weighted by Gasteiger charge is -2.07. The second-order valence-corrected chi connectivity index (χ2v) is 3.45. The third kappa shape index (κ3) is 2.06. The minimum Gasteiger partial charge on any atom is -0.466 e. The molecule has 0 aliphatic carbocycles. The van der Waals surface area contributed by atoms with Crippen molar-refractivity contribution in [3.8, 4) is 0 Å². The van der Waals surface area contributed by atoms with Crippen LogP contribution in [0.4, 0.5) is 5.69 Å². The van der Waals surface area contributed by atoms with Gasteiger partial charge in [-0.25, -0.2) is 0 Å². The Kier molecular flexibility index (Phi) is 2.81. The van der Waals surface area contributed by atoms with Crippen molar-refractivity contribution in [1.29, 1.82) is 0 Å². The van der Waals surface area contributed by atoms with Crippen molar-refractivity contribution >= 4 is 17.9 Å². The summed E-state index contributed by atoms with van der Waals surface area (Å²) in [4.78, 5) is 15.6. The molecule has 1 heterocycles. The normalized spacial score (nSPS) is 17.5. The topological polar surface area (TPSA) is 38.7 Å². The van der Waals surface area contributed by atoms with Gasteiger partial charge < -0.3 is 4.74 Å². The van der Waals surface area contributed by atoms with E-state index >= 15 is 0 Å². The standard InChI is InChI=1S/C12H13NO2/c1-2-15-12(14)7-9-8-13-11-6-4-3-5-10(9)11/h3-6,8-9H,2,7H2,1H3. The van der Waals surface area contributed by atoms with Crippen LogP contribution in [0.1, 0.15) is 24.8 Å². The van der Waals surface area contributed by atoms with E-state index in [2.05, 4.69) is 4.99 Å². The predicted octanol–water partition coefficient (Wildman–Crippen LogP) is 2.44. The molecule has 3 heteroatoms. The van der Waals surface area contributed by atoms with Gasteiger partial charge in [-0.3, -0.25) is 9.79 Å². The molecular weight excluding hydrogens is 190 g/mol. The molecule has 0 spiro atoms. The summed E-state index contributed by atoms with van der Waals surface area (Å²) < 4.78 is 4.92. The summed E-state index contributed by atoms with van der Waals surface area (Å²) in [5.74, 6) is -0.0779. The molecule has 1 atom stereocenters. The first-order chi connectivity index (χ1) is 7.31. The number of hydrogen-bond donors (Lipinski definition) is 0. The second kappa shape index (κ2) is 4.26. The Morgan fingerprint density at radius 2 is 2.27 bits per heavy atom. The van der Waals surface area contributed by atoms with Gasteiger partial charge in [-0.15, -0.1) is 0 Å². The quantitative estimate of drug-likeness (QED) is 0.708. The van der Waals surface area contributed by atoms with Gasteiger partial charge in [0.15, 0.2) is 0 Å². The van der Waals surface area contributed by atoms with Crippen molar-refractivity contribution in [3.63, 3.8) is 0 Å². The van der Waals surface area contributed by atoms with Gasteiger partial charge in [-0.2, -0.15) is 0 Å². The van der Waals surface area contributed by atoms with E-state index in [-0.39, 0.29) is 11.9 Å². The molecule has 2 rings (SSSR count). The lowest BCUT2D eigenvalue weighted by molar-refractivity contribution is -0.143. The summed E-state index contributed by atoms with van der Waals surface area (Å²) in [5.41, 5.74) is 2.08. The van der Waals surface area contributed by atoms with Gasteiger partial charge in [0.25, 0.3) is 0 Å². The van der Waals surface area contributed by atoms with E-state index in [0.29, 0.717) is 13.0 Å². The molecule has 0 saturated carbocycles. The van der Waals surface area contributed by atoms with Gasteiger partial charge in [-0.1, -0.05) is 18.2 Å². The van der Waals surface area contributed by atoms with E-state index < -0.39 is 0 Å². The summed E-state index contributed by atoms with van der Waals surface area (Å²) in [5, 5.41) is 0. The largest absolute Gasteiger partial charge is 0.466 e. The number of hydrogen-bond acceptors (Lipinski definition) is 3. The lowest BCUT2D eigenvalue weighted by atomic mass is 9.98. The van der Waals surface area contributed by atoms with Crippen molar-refractivity contribution in [3.05, 3.63) is 29.8 Å². The fourth-order valence-corrected chi connectivity index (χ4v) is 1.73. The molecule has 1 aromatic carbocycles. The maximum atomic E-state index is 11.3. The van der Waals surface area contributed by atoms with Gasteiger partial charge in [0, 0.05) is 12.1 Å². The number of carbonyl (C=O) groups is 1. The molecule has 0 aromatic heterocycles. The maximum absolute atomic E-state index is 11.3. The number of aliphatic imine (C=N–C) groups is 1. The number of para-hydroxylation sites is 1. The first-order valence-corrected chi connectivity index (χ1v) is 5.10. The van der Waals surface area contributed by atoms with Gasteiger partial charge in [0.1, 0.15) is 0 Å². The van der Waals surface area contributed by atoms with Crippen LogP contribution in [-0.2, 0) is 9.53 Å². The number of nitrogens with zero attached hydrogens (tertiary/aromatic N) is 1. The molecule has 0 bridgehead atoms. The maximum Gasteiger partial charge on any atom is 0.306 e. The number of rotatable bonds is 3. The Bertz CT molecular complexity index is 398. The number of benzene rings is 1. The first kappa shape index (κ1) is 9.90. The highest BCUT2D eigenvalue weighted by Crippen LogP contribution is 2.33. The zero-order valence-electron chi connectivity index (χ0n) is 8.64. The van der Waals surface area contributed by atoms with Crippen LogP contribution in [0.25, 0.3) is 0 Å². The van der Waals surface area contributed by atoms with Crippen LogP contribution >= 0.6 is 0 Å². The molecule has 1 aliphatic rings. The number of ether oxygens (including phenoxy) is 1. The summed E-state index contributed by atoms with van der Waals surface area (Å²) in [6, 6.07) is 7.87. The molecule has 1 aromatic rings. The summed E-state index contributed by atoms with van der Waals surface area (Å²) in [7, 11) is 0. The Morgan fingerprint density at radius 1 is 1.47 bits per heavy atom. The average Bonchev–Trinajstić information content (AvgIpc) is 2.62. The van der Waals surface area contributed by atoms with Crippen LogP contribution in [0.15, 0.2) is 29.3 Å². The molecule has 15 heavy (non-hydrogen) atoms. The summed E-state index contributed by atoms with van der Waals surface area (Å²) in [6.45, 7) is 2.25. The second-order valence-electron chi connectivity index (χ2n) is 3.45. The summed E-state index contributed by atoms with van der Waals surface area (Å²) >= 11 is 0. The van der Waals surface area contributed by atoms with Crippen LogP contribution in [0, 0.1) is 0 Å². The Hall–Kier alpha value is -1.64. The zero-order chi connectivity index (χ0) is 10.7. The van der Waals surface area contributed by atoms with E-state index in [1.807, 2.05) is 37.4 Å². The highest BCUT2D eigenvalue weighted by atomic mass is 16.5. The van der Waals surface area contributed by atoms with Gasteiger partial charge in [0.05, 0.1) is 18.7 Å². The SMILES string of the molecule is CCOC(=O)CC1C=Nc2ccccc21. The number of fused-ring (bicyclic) bond motifs is 1. The van der Waals surface area contributed by atoms with Gasteiger partial charge in [-0.05, 0) is 18.6 Å². The van der Waals surface area contributed by atoms with Crippen molar-refractivity contribution in [2.75, 3.05) is 6.61 Å². The van der Waals surface area contributed by atoms with Crippen LogP contribution in [0.5, 0.6) is 0 Å². The molecule has 1 unspecified atom stereocenters. The van der Waals surface area contributed by atoms with E-state index in [1.54, 1.807) is 0 Å². The molecule has 78 valence electrons. The Labute approximate surface area is 88.8 Å². The van der Waals surface area contributed by atoms with Crippen molar-refractivity contribution in [1.82, 2.24) is 0 Å². The molecule has 0 saturated heterocycles. The Morgan fingerprint density at radius 3 is 3.07 bits per heavy atom. The number of carbonyl (C=O) groups excluding carboxylic acids is 1. The third-order valence-electron chi connectivity index (χ3n) is 2.42. The van der Waals surface area contributed by atoms with Crippen molar-refractivity contribution < 1.29 is 9.53 Å². The van der Waals surface area contributed by atoms with Crippen molar-refractivity contribution in [2.24, 2.45) is 4.99 Å². The van der Waals surface area contributed by atoms with E-state index in [0.717, 1.165) is 11.3 Å². The van der Waals surface area contributed by atoms with Crippen LogP contribution in [0.3, 0.4) is 0 Å². The van der Waals surface area contributed by atoms with Crippen molar-refractivity contribution in [2.45, 2.75) is 19.3 Å².